The first kappa shape index (κ1) is 10.6. The van der Waals surface area contributed by atoms with E-state index in [-0.39, 0.29) is 10.8 Å². The van der Waals surface area contributed by atoms with E-state index in [2.05, 4.69) is 4.74 Å². The van der Waals surface area contributed by atoms with Gasteiger partial charge in [-0.3, -0.25) is 0 Å². The molecule has 1 rings (SSSR count). The van der Waals surface area contributed by atoms with Crippen molar-refractivity contribution in [3.63, 3.8) is 0 Å². The predicted octanol–water partition coefficient (Wildman–Crippen LogP) is 2.14. The molecule has 0 atom stereocenters. The largest absolute Gasteiger partial charge is 0.508 e. The lowest BCUT2D eigenvalue weighted by atomic mass is 10.2. The van der Waals surface area contributed by atoms with Gasteiger partial charge < -0.3 is 9.84 Å². The number of hydrogen-bond acceptors (Lipinski definition) is 3. The number of carbonyl (C=O) groups excluding carboxylic acids is 1. The maximum atomic E-state index is 10.9. The highest BCUT2D eigenvalue weighted by Crippen LogP contribution is 2.16. The van der Waals surface area contributed by atoms with Crippen molar-refractivity contribution in [3.05, 3.63) is 34.9 Å². The highest BCUT2D eigenvalue weighted by atomic mass is 35.5. The molecule has 0 radical (unpaired) electrons. The van der Waals surface area contributed by atoms with Crippen LogP contribution < -0.4 is 0 Å². The van der Waals surface area contributed by atoms with Crippen LogP contribution in [0.4, 0.5) is 0 Å². The number of phenolic OH excluding ortho intramolecular Hbond substituents is 1. The van der Waals surface area contributed by atoms with Crippen LogP contribution in [0, 0.1) is 0 Å². The summed E-state index contributed by atoms with van der Waals surface area (Å²) in [6.45, 7) is 0. The van der Waals surface area contributed by atoms with E-state index in [0.717, 1.165) is 0 Å². The van der Waals surface area contributed by atoms with Gasteiger partial charge >= 0.3 is 5.97 Å². The third-order valence-electron chi connectivity index (χ3n) is 1.54. The molecule has 0 saturated carbocycles. The van der Waals surface area contributed by atoms with Gasteiger partial charge in [0.05, 0.1) is 7.11 Å². The Labute approximate surface area is 86.6 Å². The summed E-state index contributed by atoms with van der Waals surface area (Å²) in [6, 6.07) is 6.39. The SMILES string of the molecule is COC(=O)/C(Cl)=C/c1cccc(O)c1. The number of hydrogen-bond donors (Lipinski definition) is 1. The monoisotopic (exact) mass is 212 g/mol. The van der Waals surface area contributed by atoms with Crippen molar-refractivity contribution in [2.45, 2.75) is 0 Å². The zero-order chi connectivity index (χ0) is 10.6. The maximum absolute atomic E-state index is 10.9. The van der Waals surface area contributed by atoms with Crippen LogP contribution in [0.15, 0.2) is 29.3 Å². The molecule has 0 saturated heterocycles. The molecule has 0 heterocycles. The molecule has 0 aromatic heterocycles. The molecule has 4 heteroatoms. The van der Waals surface area contributed by atoms with Crippen LogP contribution in [0.3, 0.4) is 0 Å². The molecular weight excluding hydrogens is 204 g/mol. The molecular formula is C10H9ClO3. The van der Waals surface area contributed by atoms with Gasteiger partial charge in [0.1, 0.15) is 10.8 Å². The Kier molecular flexibility index (Phi) is 3.54. The van der Waals surface area contributed by atoms with E-state index in [1.54, 1.807) is 12.1 Å². The van der Waals surface area contributed by atoms with Crippen LogP contribution in [0.1, 0.15) is 5.56 Å². The molecule has 0 aliphatic carbocycles. The number of carbonyl (C=O) groups is 1. The average Bonchev–Trinajstić information content (AvgIpc) is 2.16. The summed E-state index contributed by atoms with van der Waals surface area (Å²) < 4.78 is 4.41. The van der Waals surface area contributed by atoms with E-state index in [0.29, 0.717) is 5.56 Å². The number of ether oxygens (including phenoxy) is 1. The summed E-state index contributed by atoms with van der Waals surface area (Å²) in [5.74, 6) is -0.483. The highest BCUT2D eigenvalue weighted by molar-refractivity contribution is 6.43. The van der Waals surface area contributed by atoms with Crippen molar-refractivity contribution in [2.75, 3.05) is 7.11 Å². The second-order valence-corrected chi connectivity index (χ2v) is 2.99. The average molecular weight is 213 g/mol. The van der Waals surface area contributed by atoms with Crippen LogP contribution in [-0.2, 0) is 9.53 Å². The summed E-state index contributed by atoms with van der Waals surface area (Å²) >= 11 is 5.62. The van der Waals surface area contributed by atoms with Crippen molar-refractivity contribution in [1.82, 2.24) is 0 Å². The van der Waals surface area contributed by atoms with Crippen molar-refractivity contribution in [3.8, 4) is 5.75 Å². The lowest BCUT2D eigenvalue weighted by Crippen LogP contribution is -1.98. The van der Waals surface area contributed by atoms with Crippen LogP contribution in [0.5, 0.6) is 5.75 Å². The molecule has 1 aromatic rings. The lowest BCUT2D eigenvalue weighted by molar-refractivity contribution is -0.135. The molecule has 0 amide bonds. The van der Waals surface area contributed by atoms with Crippen molar-refractivity contribution < 1.29 is 14.6 Å². The van der Waals surface area contributed by atoms with Crippen LogP contribution in [-0.4, -0.2) is 18.2 Å². The molecule has 74 valence electrons. The van der Waals surface area contributed by atoms with Gasteiger partial charge in [-0.1, -0.05) is 23.7 Å². The first-order valence-corrected chi connectivity index (χ1v) is 4.26. The minimum absolute atomic E-state index is 0.0295. The molecule has 0 bridgehead atoms. The van der Waals surface area contributed by atoms with E-state index < -0.39 is 5.97 Å². The fourth-order valence-electron chi connectivity index (χ4n) is 0.917. The summed E-state index contributed by atoms with van der Waals surface area (Å²) in [4.78, 5) is 10.9. The Morgan fingerprint density at radius 1 is 1.57 bits per heavy atom. The third kappa shape index (κ3) is 2.78. The van der Waals surface area contributed by atoms with Crippen molar-refractivity contribution in [1.29, 1.82) is 0 Å². The first-order chi connectivity index (χ1) is 6.63. The number of esters is 1. The predicted molar refractivity (Wildman–Crippen MR) is 54.0 cm³/mol. The normalized spacial score (nSPS) is 11.1. The van der Waals surface area contributed by atoms with Crippen LogP contribution in [0.2, 0.25) is 0 Å². The molecule has 1 N–H and O–H groups in total. The number of rotatable bonds is 2. The molecule has 0 spiro atoms. The van der Waals surface area contributed by atoms with Gasteiger partial charge in [-0.15, -0.1) is 0 Å². The molecule has 0 aliphatic rings. The minimum Gasteiger partial charge on any atom is -0.508 e. The minimum atomic E-state index is -0.602. The second-order valence-electron chi connectivity index (χ2n) is 2.58. The smallest absolute Gasteiger partial charge is 0.349 e. The van der Waals surface area contributed by atoms with Gasteiger partial charge in [0.15, 0.2) is 0 Å². The Morgan fingerprint density at radius 2 is 2.29 bits per heavy atom. The molecule has 0 unspecified atom stereocenters. The number of methoxy groups -OCH3 is 1. The van der Waals surface area contributed by atoms with E-state index in [1.165, 1.54) is 25.3 Å². The molecule has 1 aromatic carbocycles. The Balaban J connectivity index is 2.91. The van der Waals surface area contributed by atoms with E-state index >= 15 is 0 Å². The summed E-state index contributed by atoms with van der Waals surface area (Å²) in [6.07, 6.45) is 1.42. The number of aromatic hydroxyl groups is 1. The fourth-order valence-corrected chi connectivity index (χ4v) is 1.12. The van der Waals surface area contributed by atoms with Gasteiger partial charge in [-0.05, 0) is 23.8 Å². The number of halogens is 1. The maximum Gasteiger partial charge on any atom is 0.349 e. The number of phenols is 1. The lowest BCUT2D eigenvalue weighted by Gasteiger charge is -1.97. The van der Waals surface area contributed by atoms with Gasteiger partial charge in [-0.2, -0.15) is 0 Å². The van der Waals surface area contributed by atoms with Gasteiger partial charge in [0, 0.05) is 0 Å². The zero-order valence-corrected chi connectivity index (χ0v) is 8.28. The van der Waals surface area contributed by atoms with Crippen LogP contribution >= 0.6 is 11.6 Å². The second kappa shape index (κ2) is 4.67. The van der Waals surface area contributed by atoms with Crippen molar-refractivity contribution in [2.24, 2.45) is 0 Å². The Bertz CT molecular complexity index is 371. The molecule has 14 heavy (non-hydrogen) atoms. The fraction of sp³-hybridized carbons (Fsp3) is 0.100. The zero-order valence-electron chi connectivity index (χ0n) is 7.53. The van der Waals surface area contributed by atoms with Gasteiger partial charge in [0.25, 0.3) is 0 Å². The first-order valence-electron chi connectivity index (χ1n) is 3.88. The standard InChI is InChI=1S/C10H9ClO3/c1-14-10(13)9(11)6-7-3-2-4-8(12)5-7/h2-6,12H,1H3/b9-6-. The highest BCUT2D eigenvalue weighted by Gasteiger charge is 2.05. The summed E-state index contributed by atoms with van der Waals surface area (Å²) in [7, 11) is 1.25. The van der Waals surface area contributed by atoms with Crippen molar-refractivity contribution >= 4 is 23.6 Å². The van der Waals surface area contributed by atoms with E-state index in [4.69, 9.17) is 16.7 Å². The van der Waals surface area contributed by atoms with Gasteiger partial charge in [0.2, 0.25) is 0 Å². The summed E-state index contributed by atoms with van der Waals surface area (Å²) in [5.41, 5.74) is 0.639. The Hall–Kier alpha value is -1.48. The molecule has 3 nitrogen and oxygen atoms in total. The number of benzene rings is 1. The van der Waals surface area contributed by atoms with Gasteiger partial charge in [-0.25, -0.2) is 4.79 Å². The molecule has 0 aliphatic heterocycles. The Morgan fingerprint density at radius 3 is 2.86 bits per heavy atom. The van der Waals surface area contributed by atoms with E-state index in [1.807, 2.05) is 0 Å². The topological polar surface area (TPSA) is 46.5 Å². The van der Waals surface area contributed by atoms with Crippen LogP contribution in [0.25, 0.3) is 6.08 Å². The third-order valence-corrected chi connectivity index (χ3v) is 1.81. The summed E-state index contributed by atoms with van der Waals surface area (Å²) in [5, 5.41) is 9.10. The van der Waals surface area contributed by atoms with E-state index in [9.17, 15) is 4.79 Å². The quantitative estimate of drug-likeness (QED) is 0.604. The molecule has 0 fully saturated rings.